The first-order chi connectivity index (χ1) is 12.4. The molecule has 2 amide bonds. The minimum atomic E-state index is -0.243. The van der Waals surface area contributed by atoms with Gasteiger partial charge in [0.15, 0.2) is 0 Å². The summed E-state index contributed by atoms with van der Waals surface area (Å²) in [7, 11) is 0. The zero-order valence-electron chi connectivity index (χ0n) is 14.9. The Morgan fingerprint density at radius 1 is 1.04 bits per heavy atom. The summed E-state index contributed by atoms with van der Waals surface area (Å²) in [5, 5.41) is 2.81. The number of anilines is 2. The maximum Gasteiger partial charge on any atom is 0.255 e. The molecule has 2 atom stereocenters. The molecule has 6 heteroatoms. The second kappa shape index (κ2) is 7.58. The van der Waals surface area contributed by atoms with Crippen LogP contribution in [0.15, 0.2) is 48.5 Å². The lowest BCUT2D eigenvalue weighted by Gasteiger charge is -2.35. The molecule has 0 aliphatic carbocycles. The number of benzene rings is 2. The monoisotopic (exact) mass is 353 g/mol. The van der Waals surface area contributed by atoms with Crippen molar-refractivity contribution in [2.45, 2.75) is 26.1 Å². The summed E-state index contributed by atoms with van der Waals surface area (Å²) in [5.74, 6) is -0.270. The SMILES string of the molecule is CC1CN(C(=O)c2ccc(NC(=O)c3cccc(N)c3)cc2)CC(C)O1. The fourth-order valence-electron chi connectivity index (χ4n) is 3.11. The van der Waals surface area contributed by atoms with Crippen molar-refractivity contribution in [3.63, 3.8) is 0 Å². The molecule has 2 aromatic rings. The number of hydrogen-bond donors (Lipinski definition) is 2. The molecule has 1 saturated heterocycles. The highest BCUT2D eigenvalue weighted by Gasteiger charge is 2.26. The Kier molecular flexibility index (Phi) is 5.23. The van der Waals surface area contributed by atoms with Crippen molar-refractivity contribution < 1.29 is 14.3 Å². The van der Waals surface area contributed by atoms with Gasteiger partial charge in [0, 0.05) is 35.6 Å². The number of carbonyl (C=O) groups excluding carboxylic acids is 2. The first-order valence-electron chi connectivity index (χ1n) is 8.64. The van der Waals surface area contributed by atoms with Crippen LogP contribution in [0.1, 0.15) is 34.6 Å². The highest BCUT2D eigenvalue weighted by Crippen LogP contribution is 2.17. The molecule has 136 valence electrons. The van der Waals surface area contributed by atoms with Crippen molar-refractivity contribution in [3.8, 4) is 0 Å². The van der Waals surface area contributed by atoms with E-state index in [0.29, 0.717) is 35.6 Å². The molecule has 0 saturated carbocycles. The number of hydrogen-bond acceptors (Lipinski definition) is 4. The van der Waals surface area contributed by atoms with Crippen LogP contribution in [-0.2, 0) is 4.74 Å². The van der Waals surface area contributed by atoms with Gasteiger partial charge in [-0.15, -0.1) is 0 Å². The van der Waals surface area contributed by atoms with Crippen molar-refractivity contribution in [2.75, 3.05) is 24.1 Å². The van der Waals surface area contributed by atoms with Crippen LogP contribution in [0, 0.1) is 0 Å². The molecule has 2 unspecified atom stereocenters. The van der Waals surface area contributed by atoms with E-state index < -0.39 is 0 Å². The molecule has 0 spiro atoms. The molecule has 6 nitrogen and oxygen atoms in total. The quantitative estimate of drug-likeness (QED) is 0.831. The van der Waals surface area contributed by atoms with E-state index in [1.807, 2.05) is 13.8 Å². The summed E-state index contributed by atoms with van der Waals surface area (Å²) in [6, 6.07) is 13.7. The number of ether oxygens (including phenoxy) is 1. The third kappa shape index (κ3) is 4.21. The van der Waals surface area contributed by atoms with E-state index in [-0.39, 0.29) is 24.0 Å². The molecule has 3 N–H and O–H groups in total. The van der Waals surface area contributed by atoms with Gasteiger partial charge in [0.2, 0.25) is 0 Å². The van der Waals surface area contributed by atoms with E-state index in [4.69, 9.17) is 10.5 Å². The Hall–Kier alpha value is -2.86. The van der Waals surface area contributed by atoms with Gasteiger partial charge in [-0.25, -0.2) is 0 Å². The van der Waals surface area contributed by atoms with Crippen molar-refractivity contribution in [1.29, 1.82) is 0 Å². The van der Waals surface area contributed by atoms with Crippen LogP contribution in [0.2, 0.25) is 0 Å². The lowest BCUT2D eigenvalue weighted by Crippen LogP contribution is -2.48. The number of rotatable bonds is 3. The van der Waals surface area contributed by atoms with Crippen LogP contribution < -0.4 is 11.1 Å². The molecule has 2 aromatic carbocycles. The van der Waals surface area contributed by atoms with Crippen LogP contribution in [0.4, 0.5) is 11.4 Å². The van der Waals surface area contributed by atoms with E-state index in [2.05, 4.69) is 5.32 Å². The maximum atomic E-state index is 12.7. The van der Waals surface area contributed by atoms with Gasteiger partial charge in [-0.1, -0.05) is 6.07 Å². The van der Waals surface area contributed by atoms with E-state index in [1.165, 1.54) is 0 Å². The largest absolute Gasteiger partial charge is 0.399 e. The highest BCUT2D eigenvalue weighted by atomic mass is 16.5. The van der Waals surface area contributed by atoms with E-state index in [9.17, 15) is 9.59 Å². The summed E-state index contributed by atoms with van der Waals surface area (Å²) in [6.45, 7) is 5.09. The molecule has 1 heterocycles. The predicted molar refractivity (Wildman–Crippen MR) is 101 cm³/mol. The fraction of sp³-hybridized carbons (Fsp3) is 0.300. The highest BCUT2D eigenvalue weighted by molar-refractivity contribution is 6.05. The van der Waals surface area contributed by atoms with Gasteiger partial charge >= 0.3 is 0 Å². The molecule has 3 rings (SSSR count). The van der Waals surface area contributed by atoms with Crippen LogP contribution in [0.3, 0.4) is 0 Å². The summed E-state index contributed by atoms with van der Waals surface area (Å²) in [6.07, 6.45) is 0.0548. The summed E-state index contributed by atoms with van der Waals surface area (Å²) in [4.78, 5) is 26.7. The summed E-state index contributed by atoms with van der Waals surface area (Å²) >= 11 is 0. The minimum Gasteiger partial charge on any atom is -0.399 e. The van der Waals surface area contributed by atoms with Gasteiger partial charge < -0.3 is 20.7 Å². The van der Waals surface area contributed by atoms with E-state index in [0.717, 1.165) is 0 Å². The average Bonchev–Trinajstić information content (AvgIpc) is 2.61. The Morgan fingerprint density at radius 3 is 2.31 bits per heavy atom. The summed E-state index contributed by atoms with van der Waals surface area (Å²) < 4.78 is 5.67. The topological polar surface area (TPSA) is 84.7 Å². The van der Waals surface area contributed by atoms with Gasteiger partial charge in [0.05, 0.1) is 12.2 Å². The second-order valence-electron chi connectivity index (χ2n) is 6.62. The number of nitrogens with two attached hydrogens (primary N) is 1. The molecule has 0 radical (unpaired) electrons. The summed E-state index contributed by atoms with van der Waals surface area (Å²) in [5.41, 5.74) is 7.94. The van der Waals surface area contributed by atoms with Crippen molar-refractivity contribution in [1.82, 2.24) is 4.90 Å². The number of morpholine rings is 1. The molecule has 1 fully saturated rings. The minimum absolute atomic E-state index is 0.0271. The Labute approximate surface area is 152 Å². The number of carbonyl (C=O) groups is 2. The van der Waals surface area contributed by atoms with Crippen LogP contribution in [0.25, 0.3) is 0 Å². The van der Waals surface area contributed by atoms with Crippen molar-refractivity contribution in [3.05, 3.63) is 59.7 Å². The average molecular weight is 353 g/mol. The number of amides is 2. The van der Waals surface area contributed by atoms with Gasteiger partial charge in [-0.2, -0.15) is 0 Å². The first kappa shape index (κ1) is 17.9. The molecule has 1 aliphatic heterocycles. The zero-order valence-corrected chi connectivity index (χ0v) is 14.9. The van der Waals surface area contributed by atoms with Crippen LogP contribution >= 0.6 is 0 Å². The van der Waals surface area contributed by atoms with Crippen LogP contribution in [-0.4, -0.2) is 42.0 Å². The number of nitrogen functional groups attached to an aromatic ring is 1. The van der Waals surface area contributed by atoms with E-state index >= 15 is 0 Å². The van der Waals surface area contributed by atoms with E-state index in [1.54, 1.807) is 53.4 Å². The molecule has 0 aromatic heterocycles. The Balaban J connectivity index is 1.66. The molecular formula is C20H23N3O3. The maximum absolute atomic E-state index is 12.7. The zero-order chi connectivity index (χ0) is 18.7. The number of nitrogens with one attached hydrogen (secondary N) is 1. The van der Waals surface area contributed by atoms with Crippen LogP contribution in [0.5, 0.6) is 0 Å². The van der Waals surface area contributed by atoms with Crippen molar-refractivity contribution >= 4 is 23.2 Å². The fourth-order valence-corrected chi connectivity index (χ4v) is 3.11. The van der Waals surface area contributed by atoms with Gasteiger partial charge in [0.25, 0.3) is 11.8 Å². The standard InChI is InChI=1S/C20H23N3O3/c1-13-11-23(12-14(2)26-13)20(25)15-6-8-18(9-7-15)22-19(24)16-4-3-5-17(21)10-16/h3-10,13-14H,11-12,21H2,1-2H3,(H,22,24). The number of nitrogens with zero attached hydrogens (tertiary/aromatic N) is 1. The predicted octanol–water partition coefficient (Wildman–Crippen LogP) is 2.77. The molecule has 1 aliphatic rings. The first-order valence-corrected chi connectivity index (χ1v) is 8.64. The van der Waals surface area contributed by atoms with Gasteiger partial charge in [-0.3, -0.25) is 9.59 Å². The van der Waals surface area contributed by atoms with Crippen molar-refractivity contribution in [2.24, 2.45) is 0 Å². The smallest absolute Gasteiger partial charge is 0.255 e. The normalized spacial score (nSPS) is 19.8. The third-order valence-electron chi connectivity index (χ3n) is 4.25. The molecule has 0 bridgehead atoms. The second-order valence-corrected chi connectivity index (χ2v) is 6.62. The Bertz CT molecular complexity index is 794. The molecular weight excluding hydrogens is 330 g/mol. The van der Waals surface area contributed by atoms with Gasteiger partial charge in [-0.05, 0) is 56.3 Å². The van der Waals surface area contributed by atoms with Gasteiger partial charge in [0.1, 0.15) is 0 Å². The Morgan fingerprint density at radius 2 is 1.69 bits per heavy atom. The third-order valence-corrected chi connectivity index (χ3v) is 4.25. The molecule has 26 heavy (non-hydrogen) atoms. The lowest BCUT2D eigenvalue weighted by molar-refractivity contribution is -0.0586. The lowest BCUT2D eigenvalue weighted by atomic mass is 10.1.